The van der Waals surface area contributed by atoms with Gasteiger partial charge in [-0.1, -0.05) is 6.08 Å². The van der Waals surface area contributed by atoms with Gasteiger partial charge in [-0.05, 0) is 34.6 Å². The van der Waals surface area contributed by atoms with E-state index in [1.807, 2.05) is 11.0 Å². The first-order valence-corrected chi connectivity index (χ1v) is 9.39. The molecule has 0 atom stereocenters. The van der Waals surface area contributed by atoms with Crippen molar-refractivity contribution in [3.8, 4) is 11.5 Å². The summed E-state index contributed by atoms with van der Waals surface area (Å²) in [6.45, 7) is 4.52. The third-order valence-corrected chi connectivity index (χ3v) is 4.64. The lowest BCUT2D eigenvalue weighted by molar-refractivity contribution is -0.382. The molecule has 0 fully saturated rings. The number of aliphatic hydroxyl groups excluding tert-OH is 1. The largest absolute Gasteiger partial charge is 0.497 e. The van der Waals surface area contributed by atoms with Crippen molar-refractivity contribution in [1.29, 1.82) is 0 Å². The number of hydrogen-bond acceptors (Lipinski definition) is 10. The molecule has 31 heavy (non-hydrogen) atoms. The third-order valence-electron chi connectivity index (χ3n) is 4.64. The lowest BCUT2D eigenvalue weighted by Gasteiger charge is -2.25. The van der Waals surface area contributed by atoms with Gasteiger partial charge in [-0.15, -0.1) is 6.58 Å². The molecule has 3 aromatic rings. The monoisotopic (exact) mass is 429 g/mol. The minimum Gasteiger partial charge on any atom is -0.497 e. The lowest BCUT2D eigenvalue weighted by Crippen LogP contribution is -2.24. The van der Waals surface area contributed by atoms with E-state index in [-0.39, 0.29) is 35.6 Å². The zero-order valence-electron chi connectivity index (χ0n) is 17.2. The summed E-state index contributed by atoms with van der Waals surface area (Å²) in [6.07, 6.45) is 1.70. The molecule has 0 saturated carbocycles. The van der Waals surface area contributed by atoms with E-state index in [0.29, 0.717) is 30.3 Å². The molecule has 0 aliphatic carbocycles. The van der Waals surface area contributed by atoms with Crippen LogP contribution in [0.5, 0.6) is 11.5 Å². The molecule has 0 radical (unpaired) electrons. The molecule has 2 aromatic carbocycles. The number of aliphatic hydroxyl groups is 1. The summed E-state index contributed by atoms with van der Waals surface area (Å²) < 4.78 is 15.6. The van der Waals surface area contributed by atoms with Gasteiger partial charge in [0.05, 0.1) is 31.4 Å². The number of methoxy groups -OCH3 is 2. The molecule has 11 nitrogen and oxygen atoms in total. The Hall–Kier alpha value is -3.86. The smallest absolute Gasteiger partial charge is 0.323 e. The maximum Gasteiger partial charge on any atom is 0.323 e. The van der Waals surface area contributed by atoms with Crippen molar-refractivity contribution >= 4 is 28.1 Å². The number of nitro benzene ring substituents is 1. The normalized spacial score (nSPS) is 10.7. The Balaban J connectivity index is 2.14. The highest BCUT2D eigenvalue weighted by molar-refractivity contribution is 5.99. The van der Waals surface area contributed by atoms with Crippen molar-refractivity contribution in [2.45, 2.75) is 6.54 Å². The summed E-state index contributed by atoms with van der Waals surface area (Å²) in [7, 11) is 3.15. The van der Waals surface area contributed by atoms with Crippen molar-refractivity contribution < 1.29 is 24.1 Å². The van der Waals surface area contributed by atoms with Gasteiger partial charge in [-0.2, -0.15) is 0 Å². The Morgan fingerprint density at radius 3 is 2.71 bits per heavy atom. The van der Waals surface area contributed by atoms with E-state index < -0.39 is 4.92 Å². The van der Waals surface area contributed by atoms with Crippen molar-refractivity contribution in [2.24, 2.45) is 0 Å². The molecule has 0 saturated heterocycles. The minimum absolute atomic E-state index is 0.00890. The van der Waals surface area contributed by atoms with Crippen LogP contribution in [0.1, 0.15) is 5.56 Å². The number of nitro groups is 1. The van der Waals surface area contributed by atoms with Crippen LogP contribution in [-0.4, -0.2) is 54.3 Å². The predicted molar refractivity (Wildman–Crippen MR) is 115 cm³/mol. The second-order valence-corrected chi connectivity index (χ2v) is 6.51. The lowest BCUT2D eigenvalue weighted by atomic mass is 10.1. The summed E-state index contributed by atoms with van der Waals surface area (Å²) in [5.74, 6) is 1.32. The maximum atomic E-state index is 11.7. The fourth-order valence-electron chi connectivity index (χ4n) is 3.28. The summed E-state index contributed by atoms with van der Waals surface area (Å²) >= 11 is 0. The van der Waals surface area contributed by atoms with Crippen molar-refractivity contribution in [3.05, 3.63) is 52.6 Å². The zero-order valence-corrected chi connectivity index (χ0v) is 17.2. The number of anilines is 2. The quantitative estimate of drug-likeness (QED) is 0.266. The van der Waals surface area contributed by atoms with Crippen molar-refractivity contribution in [3.63, 3.8) is 0 Å². The van der Waals surface area contributed by atoms with E-state index in [1.165, 1.54) is 0 Å². The van der Waals surface area contributed by atoms with Crippen molar-refractivity contribution in [2.75, 3.05) is 44.1 Å². The van der Waals surface area contributed by atoms with Gasteiger partial charge < -0.3 is 24.8 Å². The van der Waals surface area contributed by atoms with Gasteiger partial charge in [0.25, 0.3) is 0 Å². The highest BCUT2D eigenvalue weighted by Crippen LogP contribution is 2.39. The molecule has 0 aliphatic rings. The number of benzene rings is 2. The number of nitrogens with zero attached hydrogens (tertiary/aromatic N) is 4. The van der Waals surface area contributed by atoms with Gasteiger partial charge in [-0.25, -0.2) is 4.63 Å². The molecule has 0 spiro atoms. The number of fused-ring (bicyclic) bond motifs is 1. The summed E-state index contributed by atoms with van der Waals surface area (Å²) in [6, 6.07) is 7.04. The van der Waals surface area contributed by atoms with Crippen LogP contribution in [0.4, 0.5) is 17.1 Å². The standard InChI is InChI=1S/C20H23N5O6/c1-4-8-24(12-13-10-14(29-2)5-6-17(13)30-3)16-11-15(21-7-9-26)20(25(27)28)19-18(16)22-31-23-19/h4-6,10-11,21,26H,1,7-9,12H2,2-3H3. The summed E-state index contributed by atoms with van der Waals surface area (Å²) in [5.41, 5.74) is 1.55. The molecular formula is C20H23N5O6. The first-order valence-electron chi connectivity index (χ1n) is 9.39. The van der Waals surface area contributed by atoms with Crippen LogP contribution >= 0.6 is 0 Å². The van der Waals surface area contributed by atoms with E-state index >= 15 is 0 Å². The Bertz CT molecular complexity index is 1080. The molecule has 11 heteroatoms. The van der Waals surface area contributed by atoms with Crippen LogP contribution in [0.2, 0.25) is 0 Å². The van der Waals surface area contributed by atoms with Crippen molar-refractivity contribution in [1.82, 2.24) is 10.3 Å². The second-order valence-electron chi connectivity index (χ2n) is 6.51. The average Bonchev–Trinajstić information content (AvgIpc) is 3.25. The highest BCUT2D eigenvalue weighted by atomic mass is 16.6. The fraction of sp³-hybridized carbons (Fsp3) is 0.300. The van der Waals surface area contributed by atoms with Crippen LogP contribution in [0.15, 0.2) is 41.5 Å². The Morgan fingerprint density at radius 1 is 1.29 bits per heavy atom. The molecule has 0 unspecified atom stereocenters. The van der Waals surface area contributed by atoms with Crippen LogP contribution < -0.4 is 19.7 Å². The number of nitrogens with one attached hydrogen (secondary N) is 1. The predicted octanol–water partition coefficient (Wildman–Crippen LogP) is 2.75. The van der Waals surface area contributed by atoms with Gasteiger partial charge in [-0.3, -0.25) is 10.1 Å². The van der Waals surface area contributed by atoms with Crippen LogP contribution in [0.25, 0.3) is 11.0 Å². The molecule has 1 heterocycles. The SMILES string of the molecule is C=CCN(Cc1cc(OC)ccc1OC)c1cc(NCCO)c([N+](=O)[O-])c2nonc12. The number of aromatic nitrogens is 2. The Labute approximate surface area is 178 Å². The Morgan fingerprint density at radius 2 is 2.06 bits per heavy atom. The first-order chi connectivity index (χ1) is 15.0. The molecule has 0 aliphatic heterocycles. The van der Waals surface area contributed by atoms with E-state index in [0.717, 1.165) is 5.56 Å². The van der Waals surface area contributed by atoms with E-state index in [1.54, 1.807) is 38.5 Å². The maximum absolute atomic E-state index is 11.7. The van der Waals surface area contributed by atoms with Crippen LogP contribution in [0, 0.1) is 10.1 Å². The van der Waals surface area contributed by atoms with Gasteiger partial charge in [0.2, 0.25) is 5.52 Å². The summed E-state index contributed by atoms with van der Waals surface area (Å²) in [4.78, 5) is 13.0. The van der Waals surface area contributed by atoms with Crippen LogP contribution in [-0.2, 0) is 6.54 Å². The topological polar surface area (TPSA) is 136 Å². The van der Waals surface area contributed by atoms with Gasteiger partial charge in [0.1, 0.15) is 17.2 Å². The fourth-order valence-corrected chi connectivity index (χ4v) is 3.28. The van der Waals surface area contributed by atoms with Gasteiger partial charge >= 0.3 is 5.69 Å². The molecule has 2 N–H and O–H groups in total. The zero-order chi connectivity index (χ0) is 22.4. The molecular weight excluding hydrogens is 406 g/mol. The first kappa shape index (κ1) is 21.8. The molecule has 3 rings (SSSR count). The van der Waals surface area contributed by atoms with E-state index in [9.17, 15) is 10.1 Å². The minimum atomic E-state index is -0.557. The van der Waals surface area contributed by atoms with E-state index in [2.05, 4.69) is 22.2 Å². The molecule has 0 bridgehead atoms. The number of rotatable bonds is 11. The molecule has 164 valence electrons. The molecule has 1 aromatic heterocycles. The third kappa shape index (κ3) is 4.51. The summed E-state index contributed by atoms with van der Waals surface area (Å²) in [5, 5.41) is 31.4. The Kier molecular flexibility index (Phi) is 6.88. The average molecular weight is 429 g/mol. The van der Waals surface area contributed by atoms with E-state index in [4.69, 9.17) is 19.2 Å². The number of hydrogen-bond donors (Lipinski definition) is 2. The number of ether oxygens (including phenoxy) is 2. The molecule has 0 amide bonds. The van der Waals surface area contributed by atoms with Crippen LogP contribution in [0.3, 0.4) is 0 Å². The van der Waals surface area contributed by atoms with Gasteiger partial charge in [0.15, 0.2) is 5.52 Å². The van der Waals surface area contributed by atoms with Gasteiger partial charge in [0, 0.05) is 25.2 Å². The second kappa shape index (κ2) is 9.76. The highest BCUT2D eigenvalue weighted by Gasteiger charge is 2.28.